The molecular formula is C12H10BrClOS. The largest absolute Gasteiger partial charge is 0.380 e. The van der Waals surface area contributed by atoms with Crippen molar-refractivity contribution in [2.24, 2.45) is 0 Å². The van der Waals surface area contributed by atoms with E-state index < -0.39 is 5.60 Å². The van der Waals surface area contributed by atoms with Crippen molar-refractivity contribution in [1.29, 1.82) is 0 Å². The van der Waals surface area contributed by atoms with Crippen LogP contribution >= 0.6 is 38.9 Å². The second-order valence-electron chi connectivity index (χ2n) is 3.68. The average molecular weight is 318 g/mol. The summed E-state index contributed by atoms with van der Waals surface area (Å²) < 4.78 is 0.928. The van der Waals surface area contributed by atoms with Crippen LogP contribution in [0.5, 0.6) is 0 Å². The maximum atomic E-state index is 10.6. The third-order valence-corrected chi connectivity index (χ3v) is 4.77. The molecule has 0 spiro atoms. The van der Waals surface area contributed by atoms with E-state index in [1.165, 1.54) is 11.3 Å². The van der Waals surface area contributed by atoms with Gasteiger partial charge in [-0.1, -0.05) is 23.7 Å². The summed E-state index contributed by atoms with van der Waals surface area (Å²) in [5.74, 6) is 0. The van der Waals surface area contributed by atoms with E-state index in [1.807, 2.05) is 23.6 Å². The lowest BCUT2D eigenvalue weighted by Gasteiger charge is -2.23. The highest BCUT2D eigenvalue weighted by atomic mass is 79.9. The van der Waals surface area contributed by atoms with Gasteiger partial charge < -0.3 is 5.11 Å². The first-order chi connectivity index (χ1) is 7.51. The molecule has 1 aromatic carbocycles. The number of benzene rings is 1. The van der Waals surface area contributed by atoms with Crippen molar-refractivity contribution in [2.75, 3.05) is 0 Å². The normalized spacial score (nSPS) is 14.8. The molecule has 0 saturated heterocycles. The fourth-order valence-corrected chi connectivity index (χ4v) is 3.51. The van der Waals surface area contributed by atoms with E-state index in [4.69, 9.17) is 11.6 Å². The van der Waals surface area contributed by atoms with E-state index in [2.05, 4.69) is 15.9 Å². The Labute approximate surface area is 112 Å². The topological polar surface area (TPSA) is 20.2 Å². The molecule has 16 heavy (non-hydrogen) atoms. The van der Waals surface area contributed by atoms with Gasteiger partial charge in [0.25, 0.3) is 0 Å². The molecule has 1 aromatic heterocycles. The summed E-state index contributed by atoms with van der Waals surface area (Å²) >= 11 is 10.8. The fraction of sp³-hybridized carbons (Fsp3) is 0.167. The van der Waals surface area contributed by atoms with Gasteiger partial charge in [-0.05, 0) is 52.0 Å². The fourth-order valence-electron chi connectivity index (χ4n) is 1.55. The quantitative estimate of drug-likeness (QED) is 0.869. The van der Waals surface area contributed by atoms with Gasteiger partial charge in [0.15, 0.2) is 0 Å². The standard InChI is InChI=1S/C12H10BrClOS/c1-12(15,11-10(13)6-7-16-11)8-2-4-9(14)5-3-8/h2-7,15H,1H3. The van der Waals surface area contributed by atoms with Crippen LogP contribution < -0.4 is 0 Å². The average Bonchev–Trinajstić information content (AvgIpc) is 2.66. The molecule has 2 rings (SSSR count). The zero-order valence-electron chi connectivity index (χ0n) is 8.58. The summed E-state index contributed by atoms with van der Waals surface area (Å²) in [5, 5.41) is 13.2. The molecule has 1 unspecified atom stereocenters. The van der Waals surface area contributed by atoms with Gasteiger partial charge in [0.2, 0.25) is 0 Å². The molecule has 1 heterocycles. The van der Waals surface area contributed by atoms with Crippen molar-refractivity contribution in [2.45, 2.75) is 12.5 Å². The van der Waals surface area contributed by atoms with E-state index in [1.54, 1.807) is 19.1 Å². The molecule has 1 nitrogen and oxygen atoms in total. The lowest BCUT2D eigenvalue weighted by atomic mass is 9.94. The number of hydrogen-bond acceptors (Lipinski definition) is 2. The predicted molar refractivity (Wildman–Crippen MR) is 72.1 cm³/mol. The number of thiophene rings is 1. The summed E-state index contributed by atoms with van der Waals surface area (Å²) in [6, 6.07) is 9.19. The molecule has 0 amide bonds. The maximum Gasteiger partial charge on any atom is 0.122 e. The third kappa shape index (κ3) is 2.18. The SMILES string of the molecule is CC(O)(c1ccc(Cl)cc1)c1sccc1Br. The Morgan fingerprint density at radius 2 is 1.88 bits per heavy atom. The van der Waals surface area contributed by atoms with Gasteiger partial charge in [-0.3, -0.25) is 0 Å². The first kappa shape index (κ1) is 12.1. The predicted octanol–water partition coefficient (Wildman–Crippen LogP) is 4.42. The molecule has 84 valence electrons. The minimum atomic E-state index is -0.989. The highest BCUT2D eigenvalue weighted by Crippen LogP contribution is 2.37. The van der Waals surface area contributed by atoms with Gasteiger partial charge >= 0.3 is 0 Å². The van der Waals surface area contributed by atoms with Crippen LogP contribution in [-0.2, 0) is 5.60 Å². The number of halogens is 2. The molecule has 2 aromatic rings. The maximum absolute atomic E-state index is 10.6. The zero-order chi connectivity index (χ0) is 11.8. The van der Waals surface area contributed by atoms with Crippen LogP contribution in [-0.4, -0.2) is 5.11 Å². The van der Waals surface area contributed by atoms with E-state index >= 15 is 0 Å². The highest BCUT2D eigenvalue weighted by Gasteiger charge is 2.28. The summed E-state index contributed by atoms with van der Waals surface area (Å²) in [6.07, 6.45) is 0. The minimum absolute atomic E-state index is 0.671. The second-order valence-corrected chi connectivity index (χ2v) is 5.88. The third-order valence-electron chi connectivity index (χ3n) is 2.47. The first-order valence-electron chi connectivity index (χ1n) is 4.73. The molecule has 0 fully saturated rings. The Kier molecular flexibility index (Phi) is 3.40. The Hall–Kier alpha value is -0.350. The lowest BCUT2D eigenvalue weighted by Crippen LogP contribution is -2.21. The van der Waals surface area contributed by atoms with Crippen LogP contribution in [0.4, 0.5) is 0 Å². The van der Waals surface area contributed by atoms with Crippen LogP contribution in [0, 0.1) is 0 Å². The van der Waals surface area contributed by atoms with Crippen molar-refractivity contribution in [1.82, 2.24) is 0 Å². The highest BCUT2D eigenvalue weighted by molar-refractivity contribution is 9.10. The van der Waals surface area contributed by atoms with E-state index in [0.29, 0.717) is 5.02 Å². The van der Waals surface area contributed by atoms with E-state index in [9.17, 15) is 5.11 Å². The first-order valence-corrected chi connectivity index (χ1v) is 6.79. The van der Waals surface area contributed by atoms with Crippen molar-refractivity contribution < 1.29 is 5.11 Å². The molecule has 0 aliphatic heterocycles. The van der Waals surface area contributed by atoms with Crippen LogP contribution in [0.3, 0.4) is 0 Å². The minimum Gasteiger partial charge on any atom is -0.380 e. The van der Waals surface area contributed by atoms with E-state index in [-0.39, 0.29) is 0 Å². The van der Waals surface area contributed by atoms with Crippen LogP contribution in [0.25, 0.3) is 0 Å². The van der Waals surface area contributed by atoms with Crippen LogP contribution in [0.2, 0.25) is 5.02 Å². The van der Waals surface area contributed by atoms with Gasteiger partial charge in [-0.15, -0.1) is 11.3 Å². The summed E-state index contributed by atoms with van der Waals surface area (Å²) in [7, 11) is 0. The van der Waals surface area contributed by atoms with Gasteiger partial charge in [0, 0.05) is 9.50 Å². The molecule has 4 heteroatoms. The Bertz CT molecular complexity index is 490. The van der Waals surface area contributed by atoms with Gasteiger partial charge in [-0.2, -0.15) is 0 Å². The molecular weight excluding hydrogens is 308 g/mol. The number of rotatable bonds is 2. The Morgan fingerprint density at radius 3 is 2.38 bits per heavy atom. The smallest absolute Gasteiger partial charge is 0.122 e. The zero-order valence-corrected chi connectivity index (χ0v) is 11.7. The molecule has 1 atom stereocenters. The van der Waals surface area contributed by atoms with Crippen molar-refractivity contribution in [3.05, 3.63) is 55.6 Å². The summed E-state index contributed by atoms with van der Waals surface area (Å²) in [6.45, 7) is 1.78. The molecule has 0 aliphatic carbocycles. The Balaban J connectivity index is 2.46. The lowest BCUT2D eigenvalue weighted by molar-refractivity contribution is 0.105. The van der Waals surface area contributed by atoms with Crippen LogP contribution in [0.15, 0.2) is 40.2 Å². The molecule has 0 radical (unpaired) electrons. The monoisotopic (exact) mass is 316 g/mol. The summed E-state index contributed by atoms with van der Waals surface area (Å²) in [5.41, 5.74) is -0.155. The summed E-state index contributed by atoms with van der Waals surface area (Å²) in [4.78, 5) is 0.898. The van der Waals surface area contributed by atoms with Gasteiger partial charge in [0.05, 0.1) is 4.88 Å². The van der Waals surface area contributed by atoms with Crippen LogP contribution in [0.1, 0.15) is 17.4 Å². The molecule has 1 N–H and O–H groups in total. The van der Waals surface area contributed by atoms with Crippen molar-refractivity contribution in [3.8, 4) is 0 Å². The van der Waals surface area contributed by atoms with E-state index in [0.717, 1.165) is 14.9 Å². The van der Waals surface area contributed by atoms with Crippen molar-refractivity contribution in [3.63, 3.8) is 0 Å². The molecule has 0 aliphatic rings. The van der Waals surface area contributed by atoms with Gasteiger partial charge in [-0.25, -0.2) is 0 Å². The molecule has 0 bridgehead atoms. The Morgan fingerprint density at radius 1 is 1.25 bits per heavy atom. The molecule has 0 saturated carbocycles. The number of aliphatic hydroxyl groups is 1. The van der Waals surface area contributed by atoms with Crippen molar-refractivity contribution >= 4 is 38.9 Å². The second kappa shape index (κ2) is 4.49. The van der Waals surface area contributed by atoms with Gasteiger partial charge in [0.1, 0.15) is 5.60 Å². The number of hydrogen-bond donors (Lipinski definition) is 1.